The molecule has 1 atom stereocenters. The van der Waals surface area contributed by atoms with Crippen molar-refractivity contribution in [2.75, 3.05) is 6.61 Å². The lowest BCUT2D eigenvalue weighted by Crippen LogP contribution is -2.42. The molecule has 3 rings (SSSR count). The minimum atomic E-state index is -1.52. The van der Waals surface area contributed by atoms with Gasteiger partial charge in [-0.3, -0.25) is 0 Å². The number of benzene rings is 2. The van der Waals surface area contributed by atoms with Crippen molar-refractivity contribution in [3.05, 3.63) is 58.7 Å². The van der Waals surface area contributed by atoms with Crippen LogP contribution in [0.4, 0.5) is 0 Å². The summed E-state index contributed by atoms with van der Waals surface area (Å²) < 4.78 is 12.0. The summed E-state index contributed by atoms with van der Waals surface area (Å²) in [6.45, 7) is 16.0. The van der Waals surface area contributed by atoms with Gasteiger partial charge >= 0.3 is 5.97 Å². The number of hydrogen-bond donors (Lipinski definition) is 1. The number of carboxylic acids is 1. The van der Waals surface area contributed by atoms with Gasteiger partial charge in [0, 0.05) is 5.56 Å². The van der Waals surface area contributed by atoms with E-state index in [0.717, 1.165) is 53.0 Å². The Labute approximate surface area is 179 Å². The van der Waals surface area contributed by atoms with Crippen LogP contribution in [-0.4, -0.2) is 23.3 Å². The maximum atomic E-state index is 12.6. The van der Waals surface area contributed by atoms with Gasteiger partial charge in [-0.05, 0) is 93.8 Å². The van der Waals surface area contributed by atoms with Crippen LogP contribution in [0.5, 0.6) is 5.75 Å². The van der Waals surface area contributed by atoms with Crippen molar-refractivity contribution in [3.8, 4) is 16.9 Å². The van der Waals surface area contributed by atoms with E-state index in [0.29, 0.717) is 5.56 Å². The molecule has 0 fully saturated rings. The first kappa shape index (κ1) is 22.1. The van der Waals surface area contributed by atoms with Crippen molar-refractivity contribution in [3.63, 3.8) is 0 Å². The Bertz CT molecular complexity index is 997. The van der Waals surface area contributed by atoms with Gasteiger partial charge in [0.25, 0.3) is 0 Å². The van der Waals surface area contributed by atoms with Gasteiger partial charge in [-0.25, -0.2) is 4.79 Å². The Hall–Kier alpha value is -2.59. The van der Waals surface area contributed by atoms with Crippen LogP contribution < -0.4 is 4.74 Å². The zero-order valence-electron chi connectivity index (χ0n) is 18.9. The first-order valence-electron chi connectivity index (χ1n) is 10.5. The molecule has 1 heterocycles. The molecule has 30 heavy (non-hydrogen) atoms. The second-order valence-corrected chi connectivity index (χ2v) is 9.15. The maximum absolute atomic E-state index is 12.6. The highest BCUT2D eigenvalue weighted by molar-refractivity contribution is 5.89. The molecule has 1 aliphatic rings. The Kier molecular flexibility index (Phi) is 5.83. The van der Waals surface area contributed by atoms with Gasteiger partial charge in [-0.15, -0.1) is 0 Å². The molecule has 1 aliphatic heterocycles. The smallest absolute Gasteiger partial charge is 0.340 e. The summed E-state index contributed by atoms with van der Waals surface area (Å²) in [5.74, 6) is -0.0919. The molecule has 4 nitrogen and oxygen atoms in total. The molecule has 0 amide bonds. The molecule has 4 heteroatoms. The summed E-state index contributed by atoms with van der Waals surface area (Å²) in [5, 5.41) is 10.3. The molecule has 2 aromatic rings. The van der Waals surface area contributed by atoms with E-state index in [9.17, 15) is 9.90 Å². The second-order valence-electron chi connectivity index (χ2n) is 9.15. The monoisotopic (exact) mass is 408 g/mol. The van der Waals surface area contributed by atoms with Gasteiger partial charge in [0.2, 0.25) is 0 Å². The van der Waals surface area contributed by atoms with E-state index in [1.54, 1.807) is 13.0 Å². The SMILES string of the molecule is C=Cc1ccc(C)c(C(C)(OC(C)(C)C)C(=O)O)c1-c1ccc2c(c1C)CCCO2. The van der Waals surface area contributed by atoms with Crippen LogP contribution in [0.1, 0.15) is 61.9 Å². The average Bonchev–Trinajstić information content (AvgIpc) is 2.66. The molecule has 1 unspecified atom stereocenters. The molecule has 0 aromatic heterocycles. The first-order chi connectivity index (χ1) is 14.0. The predicted octanol–water partition coefficient (Wildman–Crippen LogP) is 6.05. The topological polar surface area (TPSA) is 55.8 Å². The van der Waals surface area contributed by atoms with Gasteiger partial charge < -0.3 is 14.6 Å². The highest BCUT2D eigenvalue weighted by Gasteiger charge is 2.43. The number of carboxylic acid groups (broad SMARTS) is 1. The molecule has 0 spiro atoms. The Balaban J connectivity index is 2.38. The molecule has 0 radical (unpaired) electrons. The van der Waals surface area contributed by atoms with Gasteiger partial charge in [-0.1, -0.05) is 30.9 Å². The third kappa shape index (κ3) is 3.89. The van der Waals surface area contributed by atoms with Crippen LogP contribution in [0.15, 0.2) is 30.8 Å². The molecule has 0 saturated carbocycles. The van der Waals surface area contributed by atoms with Crippen LogP contribution in [0.2, 0.25) is 0 Å². The summed E-state index contributed by atoms with van der Waals surface area (Å²) in [6.07, 6.45) is 3.72. The van der Waals surface area contributed by atoms with E-state index in [4.69, 9.17) is 9.47 Å². The quantitative estimate of drug-likeness (QED) is 0.654. The zero-order valence-corrected chi connectivity index (χ0v) is 18.9. The lowest BCUT2D eigenvalue weighted by Gasteiger charge is -2.36. The molecule has 1 N–H and O–H groups in total. The molecule has 2 aromatic carbocycles. The summed E-state index contributed by atoms with van der Waals surface area (Å²) >= 11 is 0. The van der Waals surface area contributed by atoms with Crippen molar-refractivity contribution in [1.82, 2.24) is 0 Å². The fourth-order valence-corrected chi connectivity index (χ4v) is 4.49. The van der Waals surface area contributed by atoms with Crippen LogP contribution in [0.3, 0.4) is 0 Å². The van der Waals surface area contributed by atoms with Crippen molar-refractivity contribution in [1.29, 1.82) is 0 Å². The molecule has 0 aliphatic carbocycles. The van der Waals surface area contributed by atoms with Crippen molar-refractivity contribution in [2.24, 2.45) is 0 Å². The fourth-order valence-electron chi connectivity index (χ4n) is 4.49. The van der Waals surface area contributed by atoms with E-state index >= 15 is 0 Å². The van der Waals surface area contributed by atoms with Crippen LogP contribution in [0.25, 0.3) is 17.2 Å². The lowest BCUT2D eigenvalue weighted by molar-refractivity contribution is -0.183. The summed E-state index contributed by atoms with van der Waals surface area (Å²) in [7, 11) is 0. The highest BCUT2D eigenvalue weighted by atomic mass is 16.5. The number of ether oxygens (including phenoxy) is 2. The molecular formula is C26H32O4. The first-order valence-corrected chi connectivity index (χ1v) is 10.5. The molecular weight excluding hydrogens is 376 g/mol. The van der Waals surface area contributed by atoms with Gasteiger partial charge in [0.1, 0.15) is 5.75 Å². The highest BCUT2D eigenvalue weighted by Crippen LogP contribution is 2.44. The third-order valence-electron chi connectivity index (χ3n) is 5.71. The van der Waals surface area contributed by atoms with Gasteiger partial charge in [-0.2, -0.15) is 0 Å². The van der Waals surface area contributed by atoms with Crippen molar-refractivity contribution >= 4 is 12.0 Å². The number of aryl methyl sites for hydroxylation is 1. The minimum absolute atomic E-state index is 0.639. The fraction of sp³-hybridized carbons (Fsp3) is 0.423. The standard InChI is InChI=1S/C26H32O4/c1-8-18-12-11-16(2)23(26(7,24(27)28)30-25(4,5)6)22(18)20-13-14-21-19(17(20)3)10-9-15-29-21/h8,11-14H,1,9-10,15H2,2-7H3,(H,27,28). The lowest BCUT2D eigenvalue weighted by atomic mass is 9.79. The average molecular weight is 409 g/mol. The van der Waals surface area contributed by atoms with Gasteiger partial charge in [0.05, 0.1) is 12.2 Å². The minimum Gasteiger partial charge on any atom is -0.493 e. The van der Waals surface area contributed by atoms with E-state index in [1.807, 2.05) is 52.0 Å². The summed E-state index contributed by atoms with van der Waals surface area (Å²) in [6, 6.07) is 7.97. The predicted molar refractivity (Wildman–Crippen MR) is 121 cm³/mol. The van der Waals surface area contributed by atoms with E-state index in [1.165, 1.54) is 5.56 Å². The number of carbonyl (C=O) groups is 1. The normalized spacial score (nSPS) is 15.7. The Morgan fingerprint density at radius 2 is 1.87 bits per heavy atom. The Morgan fingerprint density at radius 1 is 1.17 bits per heavy atom. The number of fused-ring (bicyclic) bond motifs is 1. The van der Waals surface area contributed by atoms with Crippen molar-refractivity contribution < 1.29 is 19.4 Å². The van der Waals surface area contributed by atoms with Crippen molar-refractivity contribution in [2.45, 2.75) is 65.6 Å². The largest absolute Gasteiger partial charge is 0.493 e. The maximum Gasteiger partial charge on any atom is 0.340 e. The van der Waals surface area contributed by atoms with E-state index in [2.05, 4.69) is 13.5 Å². The number of aliphatic carboxylic acids is 1. The zero-order chi connectivity index (χ0) is 22.3. The number of hydrogen-bond acceptors (Lipinski definition) is 3. The summed E-state index contributed by atoms with van der Waals surface area (Å²) in [5.41, 5.74) is 4.44. The molecule has 0 saturated heterocycles. The van der Waals surface area contributed by atoms with E-state index in [-0.39, 0.29) is 0 Å². The van der Waals surface area contributed by atoms with Gasteiger partial charge in [0.15, 0.2) is 5.60 Å². The Morgan fingerprint density at radius 3 is 2.47 bits per heavy atom. The molecule has 160 valence electrons. The van der Waals surface area contributed by atoms with Crippen LogP contribution in [0, 0.1) is 13.8 Å². The van der Waals surface area contributed by atoms with E-state index < -0.39 is 17.2 Å². The summed E-state index contributed by atoms with van der Waals surface area (Å²) in [4.78, 5) is 12.6. The van der Waals surface area contributed by atoms with Crippen LogP contribution in [-0.2, 0) is 21.6 Å². The second kappa shape index (κ2) is 7.92. The van der Waals surface area contributed by atoms with Crippen LogP contribution >= 0.6 is 0 Å². The third-order valence-corrected chi connectivity index (χ3v) is 5.71. The number of rotatable bonds is 5. The molecule has 0 bridgehead atoms.